The summed E-state index contributed by atoms with van der Waals surface area (Å²) in [6, 6.07) is 0.365. The van der Waals surface area contributed by atoms with Crippen LogP contribution < -0.4 is 0 Å². The van der Waals surface area contributed by atoms with Gasteiger partial charge in [-0.25, -0.2) is 0 Å². The summed E-state index contributed by atoms with van der Waals surface area (Å²) in [7, 11) is 2.00. The monoisotopic (exact) mass is 292 g/mol. The smallest absolute Gasteiger partial charge is 0.179 e. The molecule has 0 radical (unpaired) electrons. The first-order valence-electron chi connectivity index (χ1n) is 7.48. The number of aryl methyl sites for hydroxylation is 2. The van der Waals surface area contributed by atoms with Crippen molar-refractivity contribution < 1.29 is 4.74 Å². The molecule has 1 aliphatic carbocycles. The van der Waals surface area contributed by atoms with Gasteiger partial charge in [-0.1, -0.05) is 6.92 Å². The molecule has 4 rings (SSSR count). The van der Waals surface area contributed by atoms with Gasteiger partial charge in [-0.05, 0) is 43.8 Å². The molecule has 2 unspecified atom stereocenters. The Bertz CT molecular complexity index is 709. The molecule has 108 valence electrons. The number of hydrogen-bond donors (Lipinski definition) is 1. The molecule has 0 bridgehead atoms. The van der Waals surface area contributed by atoms with E-state index >= 15 is 0 Å². The van der Waals surface area contributed by atoms with Crippen LogP contribution in [0.1, 0.15) is 37.9 Å². The molecule has 20 heavy (non-hydrogen) atoms. The van der Waals surface area contributed by atoms with Crippen LogP contribution in [0.4, 0.5) is 0 Å². The third-order valence-corrected chi connectivity index (χ3v) is 4.92. The zero-order chi connectivity index (χ0) is 13.9. The highest BCUT2D eigenvalue weighted by molar-refractivity contribution is 7.71. The lowest BCUT2D eigenvalue weighted by molar-refractivity contribution is 0.0754. The molecular formula is C14H20N4OS. The number of aromatic amines is 1. The van der Waals surface area contributed by atoms with E-state index in [4.69, 9.17) is 17.0 Å². The molecule has 0 spiro atoms. The minimum Gasteiger partial charge on any atom is -0.376 e. The van der Waals surface area contributed by atoms with Crippen LogP contribution in [-0.2, 0) is 18.2 Å². The summed E-state index contributed by atoms with van der Waals surface area (Å²) in [4.78, 5) is 3.36. The van der Waals surface area contributed by atoms with E-state index in [2.05, 4.69) is 21.6 Å². The summed E-state index contributed by atoms with van der Waals surface area (Å²) in [5.74, 6) is 0.730. The number of ether oxygens (including phenoxy) is 1. The molecule has 1 aliphatic heterocycles. The van der Waals surface area contributed by atoms with E-state index < -0.39 is 0 Å². The molecule has 5 nitrogen and oxygen atoms in total. The second-order valence-electron chi connectivity index (χ2n) is 5.95. The van der Waals surface area contributed by atoms with Crippen LogP contribution in [-0.4, -0.2) is 32.0 Å². The van der Waals surface area contributed by atoms with Gasteiger partial charge in [0.25, 0.3) is 0 Å². The van der Waals surface area contributed by atoms with Crippen LogP contribution in [0.3, 0.4) is 0 Å². The van der Waals surface area contributed by atoms with E-state index in [-0.39, 0.29) is 0 Å². The van der Waals surface area contributed by atoms with Gasteiger partial charge < -0.3 is 9.72 Å². The molecule has 6 heteroatoms. The lowest BCUT2D eigenvalue weighted by Gasteiger charge is -2.20. The van der Waals surface area contributed by atoms with Gasteiger partial charge >= 0.3 is 0 Å². The maximum atomic E-state index is 5.98. The summed E-state index contributed by atoms with van der Waals surface area (Å²) in [6.07, 6.45) is 4.90. The molecule has 2 fully saturated rings. The number of aromatic nitrogens is 4. The van der Waals surface area contributed by atoms with Gasteiger partial charge in [-0.15, -0.1) is 0 Å². The fourth-order valence-electron chi connectivity index (χ4n) is 3.54. The van der Waals surface area contributed by atoms with Crippen LogP contribution in [0.25, 0.3) is 11.2 Å². The first-order valence-corrected chi connectivity index (χ1v) is 7.89. The second kappa shape index (κ2) is 4.43. The normalized spacial score (nSPS) is 26.7. The van der Waals surface area contributed by atoms with Crippen LogP contribution >= 0.6 is 12.2 Å². The number of fused-ring (bicyclic) bond motifs is 1. The van der Waals surface area contributed by atoms with Gasteiger partial charge in [-0.3, -0.25) is 9.25 Å². The quantitative estimate of drug-likeness (QED) is 0.885. The van der Waals surface area contributed by atoms with Crippen molar-refractivity contribution in [2.24, 2.45) is 13.0 Å². The zero-order valence-electron chi connectivity index (χ0n) is 11.9. The van der Waals surface area contributed by atoms with Crippen molar-refractivity contribution in [3.05, 3.63) is 10.5 Å². The zero-order valence-corrected chi connectivity index (χ0v) is 12.7. The van der Waals surface area contributed by atoms with E-state index in [1.54, 1.807) is 0 Å². The van der Waals surface area contributed by atoms with E-state index in [9.17, 15) is 0 Å². The first kappa shape index (κ1) is 12.6. The number of H-pyrrole nitrogens is 1. The molecule has 3 heterocycles. The van der Waals surface area contributed by atoms with Crippen LogP contribution in [0.2, 0.25) is 0 Å². The fraction of sp³-hybridized carbons (Fsp3) is 0.714. The van der Waals surface area contributed by atoms with Gasteiger partial charge in [-0.2, -0.15) is 5.10 Å². The molecule has 2 atom stereocenters. The Morgan fingerprint density at radius 1 is 1.40 bits per heavy atom. The summed E-state index contributed by atoms with van der Waals surface area (Å²) < 4.78 is 11.0. The van der Waals surface area contributed by atoms with Gasteiger partial charge in [0, 0.05) is 13.7 Å². The van der Waals surface area contributed by atoms with Gasteiger partial charge in [0.15, 0.2) is 10.4 Å². The topological polar surface area (TPSA) is 47.8 Å². The van der Waals surface area contributed by atoms with Gasteiger partial charge in [0.2, 0.25) is 0 Å². The maximum absolute atomic E-state index is 5.98. The van der Waals surface area contributed by atoms with Gasteiger partial charge in [0.1, 0.15) is 5.52 Å². The van der Waals surface area contributed by atoms with E-state index in [0.29, 0.717) is 12.1 Å². The van der Waals surface area contributed by atoms with Crippen molar-refractivity contribution in [1.29, 1.82) is 0 Å². The van der Waals surface area contributed by atoms with Crippen LogP contribution in [0.15, 0.2) is 0 Å². The molecule has 1 saturated carbocycles. The van der Waals surface area contributed by atoms with Crippen molar-refractivity contribution in [3.8, 4) is 0 Å². The SMILES string of the molecule is CCc1nn(C)c2c1[nH]c(=S)n2C1CCOC1C1CC1. The molecule has 1 N–H and O–H groups in total. The maximum Gasteiger partial charge on any atom is 0.179 e. The Balaban J connectivity index is 1.88. The summed E-state index contributed by atoms with van der Waals surface area (Å²) in [5, 5.41) is 4.60. The lowest BCUT2D eigenvalue weighted by atomic mass is 10.1. The predicted molar refractivity (Wildman–Crippen MR) is 79.4 cm³/mol. The number of hydrogen-bond acceptors (Lipinski definition) is 3. The standard InChI is InChI=1S/C14H20N4OS/c1-3-9-11-13(17(2)16-9)18(14(20)15-11)10-6-7-19-12(10)8-4-5-8/h8,10,12H,3-7H2,1-2H3,(H,15,20). The molecule has 2 aromatic rings. The van der Waals surface area contributed by atoms with Crippen molar-refractivity contribution in [2.75, 3.05) is 6.61 Å². The summed E-state index contributed by atoms with van der Waals surface area (Å²) >= 11 is 5.58. The summed E-state index contributed by atoms with van der Waals surface area (Å²) in [6.45, 7) is 2.97. The van der Waals surface area contributed by atoms with Crippen molar-refractivity contribution in [3.63, 3.8) is 0 Å². The van der Waals surface area contributed by atoms with E-state index in [1.165, 1.54) is 12.8 Å². The number of nitrogens with one attached hydrogen (secondary N) is 1. The van der Waals surface area contributed by atoms with Crippen LogP contribution in [0, 0.1) is 10.7 Å². The fourth-order valence-corrected chi connectivity index (χ4v) is 3.87. The molecule has 0 amide bonds. The van der Waals surface area contributed by atoms with Crippen molar-refractivity contribution in [1.82, 2.24) is 19.3 Å². The molecule has 2 aliphatic rings. The minimum absolute atomic E-state index is 0.334. The molecule has 1 saturated heterocycles. The Kier molecular flexibility index (Phi) is 2.79. The molecule has 2 aromatic heterocycles. The second-order valence-corrected chi connectivity index (χ2v) is 6.34. The lowest BCUT2D eigenvalue weighted by Crippen LogP contribution is -2.23. The highest BCUT2D eigenvalue weighted by Crippen LogP contribution is 2.44. The highest BCUT2D eigenvalue weighted by atomic mass is 32.1. The first-order chi connectivity index (χ1) is 9.70. The Labute approximate surface area is 122 Å². The predicted octanol–water partition coefficient (Wildman–Crippen LogP) is 2.73. The Hall–Kier alpha value is -1.14. The average molecular weight is 292 g/mol. The van der Waals surface area contributed by atoms with E-state index in [1.807, 2.05) is 11.7 Å². The Morgan fingerprint density at radius 3 is 2.90 bits per heavy atom. The van der Waals surface area contributed by atoms with Crippen molar-refractivity contribution in [2.45, 2.75) is 44.8 Å². The number of imidazole rings is 1. The highest BCUT2D eigenvalue weighted by Gasteiger charge is 2.42. The van der Waals surface area contributed by atoms with E-state index in [0.717, 1.165) is 47.0 Å². The molecular weight excluding hydrogens is 272 g/mol. The van der Waals surface area contributed by atoms with Crippen LogP contribution in [0.5, 0.6) is 0 Å². The van der Waals surface area contributed by atoms with Crippen molar-refractivity contribution >= 4 is 23.4 Å². The average Bonchev–Trinajstić information content (AvgIpc) is 2.94. The number of rotatable bonds is 3. The third-order valence-electron chi connectivity index (χ3n) is 4.62. The van der Waals surface area contributed by atoms with Gasteiger partial charge in [0.05, 0.1) is 17.8 Å². The molecule has 0 aromatic carbocycles. The number of nitrogens with zero attached hydrogens (tertiary/aromatic N) is 3. The largest absolute Gasteiger partial charge is 0.376 e. The summed E-state index contributed by atoms with van der Waals surface area (Å²) in [5.41, 5.74) is 3.31. The minimum atomic E-state index is 0.334. The third kappa shape index (κ3) is 1.71. The Morgan fingerprint density at radius 2 is 2.20 bits per heavy atom.